The number of aryl methyl sites for hydroxylation is 1. The summed E-state index contributed by atoms with van der Waals surface area (Å²) >= 11 is 0. The van der Waals surface area contributed by atoms with E-state index in [4.69, 9.17) is 0 Å². The Labute approximate surface area is 206 Å². The molecule has 1 aliphatic heterocycles. The van der Waals surface area contributed by atoms with E-state index < -0.39 is 17.5 Å². The van der Waals surface area contributed by atoms with Gasteiger partial charge in [-0.1, -0.05) is 13.8 Å². The summed E-state index contributed by atoms with van der Waals surface area (Å²) in [6, 6.07) is 6.70. The van der Waals surface area contributed by atoms with Crippen LogP contribution in [0.3, 0.4) is 0 Å². The van der Waals surface area contributed by atoms with Crippen LogP contribution in [0.2, 0.25) is 0 Å². The van der Waals surface area contributed by atoms with Crippen molar-refractivity contribution < 1.29 is 18.0 Å². The second kappa shape index (κ2) is 9.25. The molecule has 1 aromatic carbocycles. The van der Waals surface area contributed by atoms with E-state index in [1.165, 1.54) is 0 Å². The third-order valence-corrected chi connectivity index (χ3v) is 6.74. The SMILES string of the molecule is CCC1Cc2c(nn(C)c2-c2cc(F)c(F)c(F)c2)C(CC)N1C(=O)c1cc(-n2cccn2)ccn1. The molecule has 186 valence electrons. The Hall–Kier alpha value is -3.95. The normalized spacial score (nSPS) is 17.3. The molecule has 4 aromatic rings. The number of hydrogen-bond acceptors (Lipinski definition) is 4. The summed E-state index contributed by atoms with van der Waals surface area (Å²) in [5.41, 5.74) is 3.22. The Morgan fingerprint density at radius 1 is 1.08 bits per heavy atom. The molecule has 1 amide bonds. The molecule has 5 rings (SSSR count). The van der Waals surface area contributed by atoms with E-state index in [2.05, 4.69) is 15.2 Å². The number of benzene rings is 1. The van der Waals surface area contributed by atoms with Crippen LogP contribution in [0.5, 0.6) is 0 Å². The standard InChI is InChI=1S/C26H25F3N6O/c1-4-16-13-18-24(32-33(3)25(18)15-11-19(27)23(29)20(28)12-15)22(5-2)35(16)26(36)21-14-17(7-9-30-21)34-10-6-8-31-34/h6-12,14,16,22H,4-5,13H2,1-3H3. The molecular weight excluding hydrogens is 469 g/mol. The van der Waals surface area contributed by atoms with Crippen molar-refractivity contribution in [2.75, 3.05) is 0 Å². The lowest BCUT2D eigenvalue weighted by molar-refractivity contribution is 0.0506. The Morgan fingerprint density at radius 2 is 1.83 bits per heavy atom. The Bertz CT molecular complexity index is 1410. The third kappa shape index (κ3) is 3.86. The lowest BCUT2D eigenvalue weighted by Gasteiger charge is -2.41. The van der Waals surface area contributed by atoms with Gasteiger partial charge < -0.3 is 4.90 Å². The van der Waals surface area contributed by atoms with Crippen LogP contribution in [0, 0.1) is 17.5 Å². The molecule has 0 aliphatic carbocycles. The second-order valence-corrected chi connectivity index (χ2v) is 8.84. The van der Waals surface area contributed by atoms with Gasteiger partial charge in [-0.25, -0.2) is 17.9 Å². The largest absolute Gasteiger partial charge is 0.325 e. The molecule has 0 saturated heterocycles. The maximum absolute atomic E-state index is 14.1. The van der Waals surface area contributed by atoms with E-state index in [1.54, 1.807) is 53.2 Å². The third-order valence-electron chi connectivity index (χ3n) is 6.74. The van der Waals surface area contributed by atoms with Gasteiger partial charge in [0.15, 0.2) is 17.5 Å². The number of amides is 1. The molecule has 2 atom stereocenters. The fraction of sp³-hybridized carbons (Fsp3) is 0.308. The zero-order valence-corrected chi connectivity index (χ0v) is 20.1. The predicted octanol–water partition coefficient (Wildman–Crippen LogP) is 5.01. The van der Waals surface area contributed by atoms with Gasteiger partial charge in [0.25, 0.3) is 5.91 Å². The highest BCUT2D eigenvalue weighted by Gasteiger charge is 2.40. The molecule has 10 heteroatoms. The maximum Gasteiger partial charge on any atom is 0.273 e. The minimum absolute atomic E-state index is 0.191. The van der Waals surface area contributed by atoms with E-state index in [-0.39, 0.29) is 23.6 Å². The van der Waals surface area contributed by atoms with E-state index in [0.29, 0.717) is 36.3 Å². The van der Waals surface area contributed by atoms with E-state index in [9.17, 15) is 18.0 Å². The molecule has 0 fully saturated rings. The molecule has 0 bridgehead atoms. The van der Waals surface area contributed by atoms with Crippen molar-refractivity contribution in [1.29, 1.82) is 0 Å². The van der Waals surface area contributed by atoms with Gasteiger partial charge >= 0.3 is 0 Å². The van der Waals surface area contributed by atoms with Crippen molar-refractivity contribution >= 4 is 5.91 Å². The molecule has 1 aliphatic rings. The molecule has 0 N–H and O–H groups in total. The number of pyridine rings is 1. The first-order chi connectivity index (χ1) is 17.3. The summed E-state index contributed by atoms with van der Waals surface area (Å²) in [6.45, 7) is 3.95. The number of nitrogens with zero attached hydrogens (tertiary/aromatic N) is 6. The Morgan fingerprint density at radius 3 is 2.47 bits per heavy atom. The van der Waals surface area contributed by atoms with Crippen LogP contribution in [-0.4, -0.2) is 41.4 Å². The molecule has 0 radical (unpaired) electrons. The number of aromatic nitrogens is 5. The fourth-order valence-corrected chi connectivity index (χ4v) is 5.10. The first kappa shape index (κ1) is 23.8. The summed E-state index contributed by atoms with van der Waals surface area (Å²) in [7, 11) is 1.68. The molecule has 3 aromatic heterocycles. The first-order valence-corrected chi connectivity index (χ1v) is 11.8. The summed E-state index contributed by atoms with van der Waals surface area (Å²) in [4.78, 5) is 20.0. The van der Waals surface area contributed by atoms with Gasteiger partial charge in [-0.05, 0) is 49.6 Å². The number of halogens is 3. The van der Waals surface area contributed by atoms with E-state index in [0.717, 1.165) is 23.4 Å². The molecule has 36 heavy (non-hydrogen) atoms. The number of rotatable bonds is 5. The average molecular weight is 495 g/mol. The fourth-order valence-electron chi connectivity index (χ4n) is 5.10. The second-order valence-electron chi connectivity index (χ2n) is 8.84. The van der Waals surface area contributed by atoms with Crippen molar-refractivity contribution in [2.24, 2.45) is 7.05 Å². The van der Waals surface area contributed by atoms with Gasteiger partial charge in [0.2, 0.25) is 0 Å². The highest BCUT2D eigenvalue weighted by atomic mass is 19.2. The highest BCUT2D eigenvalue weighted by Crippen LogP contribution is 2.41. The Balaban J connectivity index is 1.58. The van der Waals surface area contributed by atoms with Crippen molar-refractivity contribution in [3.05, 3.63) is 83.3 Å². The van der Waals surface area contributed by atoms with Crippen molar-refractivity contribution in [2.45, 2.75) is 45.2 Å². The van der Waals surface area contributed by atoms with Gasteiger partial charge in [-0.2, -0.15) is 10.2 Å². The van der Waals surface area contributed by atoms with Gasteiger partial charge in [0, 0.05) is 42.8 Å². The van der Waals surface area contributed by atoms with E-state index >= 15 is 0 Å². The van der Waals surface area contributed by atoms with Crippen LogP contribution in [0.25, 0.3) is 16.9 Å². The molecule has 2 unspecified atom stereocenters. The Kier molecular flexibility index (Phi) is 6.11. The number of fused-ring (bicyclic) bond motifs is 1. The van der Waals surface area contributed by atoms with Crippen LogP contribution in [0.4, 0.5) is 13.2 Å². The maximum atomic E-state index is 14.1. The number of carbonyl (C=O) groups is 1. The minimum atomic E-state index is -1.51. The summed E-state index contributed by atoms with van der Waals surface area (Å²) < 4.78 is 45.0. The van der Waals surface area contributed by atoms with Crippen molar-refractivity contribution in [3.8, 4) is 16.9 Å². The molecule has 4 heterocycles. The molecular formula is C26H25F3N6O. The number of hydrogen-bond donors (Lipinski definition) is 0. The minimum Gasteiger partial charge on any atom is -0.325 e. The van der Waals surface area contributed by atoms with Crippen LogP contribution in [-0.2, 0) is 13.5 Å². The summed E-state index contributed by atoms with van der Waals surface area (Å²) in [5.74, 6) is -4.24. The monoisotopic (exact) mass is 494 g/mol. The average Bonchev–Trinajstić information content (AvgIpc) is 3.53. The molecule has 0 spiro atoms. The number of carbonyl (C=O) groups excluding carboxylic acids is 1. The quantitative estimate of drug-likeness (QED) is 0.366. The van der Waals surface area contributed by atoms with Crippen LogP contribution < -0.4 is 0 Å². The highest BCUT2D eigenvalue weighted by molar-refractivity contribution is 5.93. The first-order valence-electron chi connectivity index (χ1n) is 11.8. The van der Waals surface area contributed by atoms with Crippen molar-refractivity contribution in [3.63, 3.8) is 0 Å². The van der Waals surface area contributed by atoms with Gasteiger partial charge in [-0.15, -0.1) is 0 Å². The van der Waals surface area contributed by atoms with Crippen LogP contribution in [0.15, 0.2) is 48.9 Å². The lowest BCUT2D eigenvalue weighted by atomic mass is 9.87. The van der Waals surface area contributed by atoms with Gasteiger partial charge in [-0.3, -0.25) is 14.5 Å². The van der Waals surface area contributed by atoms with E-state index in [1.807, 2.05) is 18.7 Å². The van der Waals surface area contributed by atoms with Crippen molar-refractivity contribution in [1.82, 2.24) is 29.4 Å². The van der Waals surface area contributed by atoms with Crippen LogP contribution in [0.1, 0.15) is 54.5 Å². The molecule has 7 nitrogen and oxygen atoms in total. The predicted molar refractivity (Wildman–Crippen MR) is 127 cm³/mol. The van der Waals surface area contributed by atoms with Gasteiger partial charge in [0.05, 0.1) is 23.1 Å². The molecule has 0 saturated carbocycles. The smallest absolute Gasteiger partial charge is 0.273 e. The topological polar surface area (TPSA) is 68.8 Å². The van der Waals surface area contributed by atoms with Crippen LogP contribution >= 0.6 is 0 Å². The lowest BCUT2D eigenvalue weighted by Crippen LogP contribution is -2.47. The summed E-state index contributed by atoms with van der Waals surface area (Å²) in [6.07, 6.45) is 6.70. The van der Waals surface area contributed by atoms with Gasteiger partial charge in [0.1, 0.15) is 5.69 Å². The zero-order chi connectivity index (χ0) is 25.6. The zero-order valence-electron chi connectivity index (χ0n) is 20.1. The summed E-state index contributed by atoms with van der Waals surface area (Å²) in [5, 5.41) is 8.89.